The fraction of sp³-hybridized carbons (Fsp3) is 0. The van der Waals surface area contributed by atoms with E-state index in [4.69, 9.17) is 9.05 Å². The van der Waals surface area contributed by atoms with Crippen LogP contribution < -0.4 is 13.5 Å². The van der Waals surface area contributed by atoms with Crippen molar-refractivity contribution in [3.8, 4) is 11.5 Å². The van der Waals surface area contributed by atoms with Gasteiger partial charge in [0.1, 0.15) is 0 Å². The first-order valence-electron chi connectivity index (χ1n) is 7.50. The van der Waals surface area contributed by atoms with Crippen LogP contribution >= 0.6 is 6.29 Å². The first-order chi connectivity index (χ1) is 12.9. The molecule has 0 radical (unpaired) electrons. The van der Waals surface area contributed by atoms with Crippen LogP contribution in [0.5, 0.6) is 11.5 Å². The molecule has 0 saturated heterocycles. The fourth-order valence-corrected chi connectivity index (χ4v) is 7.57. The Bertz CT molecular complexity index is 941. The molecule has 0 aliphatic heterocycles. The molecule has 0 atom stereocenters. The molecule has 0 unspecified atom stereocenters. The number of para-hydroxylation sites is 2. The Morgan fingerprint density at radius 3 is 1.67 bits per heavy atom. The van der Waals surface area contributed by atoms with Crippen molar-refractivity contribution in [2.75, 3.05) is 0 Å². The summed E-state index contributed by atoms with van der Waals surface area (Å²) in [4.78, 5) is 0. The summed E-state index contributed by atoms with van der Waals surface area (Å²) in [5, 5.41) is 0. The topological polar surface area (TPSA) is 35.5 Å². The van der Waals surface area contributed by atoms with E-state index in [1.807, 2.05) is 0 Å². The van der Waals surface area contributed by atoms with Crippen molar-refractivity contribution in [2.24, 2.45) is 0 Å². The van der Waals surface area contributed by atoms with Crippen molar-refractivity contribution >= 4 is 25.3 Å². The molecule has 3 rings (SSSR count). The van der Waals surface area contributed by atoms with Crippen molar-refractivity contribution in [1.29, 1.82) is 0 Å². The third-order valence-corrected chi connectivity index (χ3v) is 8.70. The van der Waals surface area contributed by atoms with Crippen LogP contribution in [-0.4, -0.2) is 14.5 Å². The summed E-state index contributed by atoms with van der Waals surface area (Å²) >= 11 is -1.52. The van der Waals surface area contributed by atoms with Gasteiger partial charge in [0.2, 0.25) is 0 Å². The predicted molar refractivity (Wildman–Crippen MR) is 93.4 cm³/mol. The Hall–Kier alpha value is -2.27. The van der Waals surface area contributed by atoms with Gasteiger partial charge >= 0.3 is 158 Å². The summed E-state index contributed by atoms with van der Waals surface area (Å²) in [6.07, 6.45) is -4.10. The van der Waals surface area contributed by atoms with Crippen molar-refractivity contribution in [3.05, 3.63) is 90.0 Å². The van der Waals surface area contributed by atoms with Crippen LogP contribution in [0.25, 0.3) is 0 Å². The monoisotopic (exact) mass is 462 g/mol. The van der Waals surface area contributed by atoms with Crippen LogP contribution in [0.1, 0.15) is 0 Å². The van der Waals surface area contributed by atoms with Crippen molar-refractivity contribution in [2.45, 2.75) is 0 Å². The second-order valence-electron chi connectivity index (χ2n) is 5.15. The zero-order chi connectivity index (χ0) is 19.4. The summed E-state index contributed by atoms with van der Waals surface area (Å²) in [7, 11) is 0. The van der Waals surface area contributed by atoms with Gasteiger partial charge in [-0.3, -0.25) is 0 Å². The molecule has 0 aliphatic rings. The molecule has 0 amide bonds. The molecule has 0 spiro atoms. The average Bonchev–Trinajstić information content (AvgIpc) is 2.66. The molecule has 3 aromatic carbocycles. The molecule has 3 nitrogen and oxygen atoms in total. The van der Waals surface area contributed by atoms with Crippen LogP contribution in [0.15, 0.2) is 66.7 Å². The quantitative estimate of drug-likeness (QED) is 0.173. The molecule has 0 fully saturated rings. The van der Waals surface area contributed by atoms with Crippen molar-refractivity contribution < 1.29 is 31.2 Å². The minimum atomic E-state index is -4.10. The number of hydrogen-bond acceptors (Lipinski definition) is 3. The van der Waals surface area contributed by atoms with Crippen molar-refractivity contribution in [1.82, 2.24) is 0 Å². The summed E-state index contributed by atoms with van der Waals surface area (Å²) < 4.78 is 77.8. The fourth-order valence-electron chi connectivity index (χ4n) is 2.01. The number of benzene rings is 3. The average molecular weight is 461 g/mol. The Labute approximate surface area is 158 Å². The van der Waals surface area contributed by atoms with E-state index in [0.29, 0.717) is 6.07 Å². The number of halogens is 4. The van der Waals surface area contributed by atoms with E-state index in [1.165, 1.54) is 24.3 Å². The Morgan fingerprint density at radius 2 is 1.19 bits per heavy atom. The van der Waals surface area contributed by atoms with Gasteiger partial charge in [0.15, 0.2) is 0 Å². The van der Waals surface area contributed by atoms with Gasteiger partial charge in [-0.2, -0.15) is 0 Å². The van der Waals surface area contributed by atoms with E-state index in [-0.39, 0.29) is 11.5 Å². The van der Waals surface area contributed by atoms with Gasteiger partial charge < -0.3 is 0 Å². The minimum absolute atomic E-state index is 0.169. The molecule has 3 aromatic rings. The zero-order valence-corrected chi connectivity index (χ0v) is 16.1. The Balaban J connectivity index is 1.98. The standard InChI is InChI=1S/C18H11F4O3PSe/c19-14-11-15(17(21)18(22)16(14)20)27-26(23,24-12-7-3-1-4-8-12)25-13-9-5-2-6-10-13/h1-11H. The summed E-state index contributed by atoms with van der Waals surface area (Å²) in [6.45, 7) is 0. The van der Waals surface area contributed by atoms with Crippen LogP contribution in [0, 0.1) is 23.3 Å². The van der Waals surface area contributed by atoms with Gasteiger partial charge in [0.25, 0.3) is 0 Å². The van der Waals surface area contributed by atoms with Crippen molar-refractivity contribution in [3.63, 3.8) is 0 Å². The second-order valence-corrected chi connectivity index (χ2v) is 11.5. The van der Waals surface area contributed by atoms with Gasteiger partial charge in [-0.25, -0.2) is 0 Å². The molecular formula is C18H11F4O3PSe. The maximum atomic E-state index is 14.1. The van der Waals surface area contributed by atoms with Crippen LogP contribution in [0.4, 0.5) is 17.6 Å². The number of rotatable bonds is 6. The van der Waals surface area contributed by atoms with Gasteiger partial charge in [-0.05, 0) is 0 Å². The van der Waals surface area contributed by atoms with E-state index in [1.54, 1.807) is 36.4 Å². The van der Waals surface area contributed by atoms with E-state index in [9.17, 15) is 22.1 Å². The normalized spacial score (nSPS) is 11.3. The van der Waals surface area contributed by atoms with Gasteiger partial charge in [0.05, 0.1) is 0 Å². The van der Waals surface area contributed by atoms with E-state index < -0.39 is 48.5 Å². The third-order valence-electron chi connectivity index (χ3n) is 3.20. The van der Waals surface area contributed by atoms with Crippen LogP contribution in [-0.2, 0) is 4.57 Å². The zero-order valence-electron chi connectivity index (χ0n) is 13.4. The van der Waals surface area contributed by atoms with Gasteiger partial charge in [-0.15, -0.1) is 0 Å². The van der Waals surface area contributed by atoms with Crippen LogP contribution in [0.2, 0.25) is 0 Å². The summed E-state index contributed by atoms with van der Waals surface area (Å²) in [5.41, 5.74) is 0. The number of hydrogen-bond donors (Lipinski definition) is 0. The molecule has 0 N–H and O–H groups in total. The van der Waals surface area contributed by atoms with Gasteiger partial charge in [-0.1, -0.05) is 0 Å². The Morgan fingerprint density at radius 1 is 0.704 bits per heavy atom. The predicted octanol–water partition coefficient (Wildman–Crippen LogP) is 4.84. The molecule has 0 bridgehead atoms. The van der Waals surface area contributed by atoms with Crippen LogP contribution in [0.3, 0.4) is 0 Å². The first-order valence-corrected chi connectivity index (χ1v) is 12.1. The van der Waals surface area contributed by atoms with E-state index in [2.05, 4.69) is 0 Å². The molecule has 0 aromatic heterocycles. The first kappa shape index (κ1) is 19.5. The van der Waals surface area contributed by atoms with E-state index in [0.717, 1.165) is 0 Å². The maximum absolute atomic E-state index is 14.1. The molecule has 140 valence electrons. The Kier molecular flexibility index (Phi) is 5.90. The summed E-state index contributed by atoms with van der Waals surface area (Å²) in [6, 6.07) is 16.3. The molecule has 27 heavy (non-hydrogen) atoms. The SMILES string of the molecule is O=P(Oc1ccccc1)(Oc1ccccc1)[Se]c1cc(F)c(F)c(F)c1F. The second kappa shape index (κ2) is 8.17. The molecule has 0 saturated carbocycles. The third kappa shape index (κ3) is 4.72. The van der Waals surface area contributed by atoms with Gasteiger partial charge in [0, 0.05) is 0 Å². The molecular weight excluding hydrogens is 450 g/mol. The van der Waals surface area contributed by atoms with E-state index >= 15 is 0 Å². The molecule has 0 heterocycles. The molecule has 9 heteroatoms. The summed E-state index contributed by atoms with van der Waals surface area (Å²) in [5.74, 6) is -6.78. The molecule has 0 aliphatic carbocycles.